The lowest BCUT2D eigenvalue weighted by Crippen LogP contribution is -2.37. The third-order valence-electron chi connectivity index (χ3n) is 3.67. The Bertz CT molecular complexity index is 568. The van der Waals surface area contributed by atoms with Gasteiger partial charge in [0.05, 0.1) is 6.54 Å². The van der Waals surface area contributed by atoms with Crippen molar-refractivity contribution in [1.29, 1.82) is 0 Å². The summed E-state index contributed by atoms with van der Waals surface area (Å²) < 4.78 is 3.96. The van der Waals surface area contributed by atoms with E-state index in [2.05, 4.69) is 51.1 Å². The molecule has 0 amide bonds. The standard InChI is InChI=1S/C13H17N5S/c1-9-6-7-10-4-2-3-5-12(10)18(9)8-11-13(15-14)19-17-16-11/h2-5,9,15H,6-8,14H2,1H3. The molecule has 0 bridgehead atoms. The number of aryl methyl sites for hydroxylation is 1. The number of anilines is 2. The SMILES string of the molecule is CC1CCc2ccccc2N1Cc1nnsc1NN. The third-order valence-corrected chi connectivity index (χ3v) is 4.37. The number of nitrogens with zero attached hydrogens (tertiary/aromatic N) is 3. The second kappa shape index (κ2) is 5.14. The van der Waals surface area contributed by atoms with E-state index >= 15 is 0 Å². The number of hydrogen-bond donors (Lipinski definition) is 2. The molecule has 6 heteroatoms. The largest absolute Gasteiger partial charge is 0.362 e. The van der Waals surface area contributed by atoms with Crippen LogP contribution in [0.1, 0.15) is 24.6 Å². The number of fused-ring (bicyclic) bond motifs is 1. The van der Waals surface area contributed by atoms with Crippen molar-refractivity contribution in [1.82, 2.24) is 9.59 Å². The predicted molar refractivity (Wildman–Crippen MR) is 78.1 cm³/mol. The van der Waals surface area contributed by atoms with Crippen LogP contribution in [0.4, 0.5) is 10.7 Å². The molecule has 5 nitrogen and oxygen atoms in total. The number of para-hydroxylation sites is 1. The van der Waals surface area contributed by atoms with Crippen LogP contribution in [0, 0.1) is 0 Å². The minimum absolute atomic E-state index is 0.502. The molecule has 19 heavy (non-hydrogen) atoms. The number of benzene rings is 1. The number of rotatable bonds is 3. The van der Waals surface area contributed by atoms with Crippen molar-refractivity contribution in [2.75, 3.05) is 10.3 Å². The van der Waals surface area contributed by atoms with Gasteiger partial charge in [-0.05, 0) is 31.4 Å². The van der Waals surface area contributed by atoms with Gasteiger partial charge in [-0.2, -0.15) is 0 Å². The Hall–Kier alpha value is -1.66. The van der Waals surface area contributed by atoms with E-state index < -0.39 is 0 Å². The number of nitrogen functional groups attached to an aromatic ring is 1. The molecule has 100 valence electrons. The molecule has 1 aromatic carbocycles. The third kappa shape index (κ3) is 2.29. The first-order valence-electron chi connectivity index (χ1n) is 6.42. The molecule has 0 saturated carbocycles. The molecule has 3 N–H and O–H groups in total. The average molecular weight is 275 g/mol. The van der Waals surface area contributed by atoms with Gasteiger partial charge in [0.25, 0.3) is 0 Å². The maximum atomic E-state index is 5.49. The molecule has 1 aliphatic rings. The molecule has 0 radical (unpaired) electrons. The van der Waals surface area contributed by atoms with Gasteiger partial charge in [0, 0.05) is 23.3 Å². The van der Waals surface area contributed by atoms with E-state index in [4.69, 9.17) is 5.84 Å². The Kier molecular flexibility index (Phi) is 3.35. The Morgan fingerprint density at radius 2 is 2.32 bits per heavy atom. The summed E-state index contributed by atoms with van der Waals surface area (Å²) in [6.07, 6.45) is 2.31. The minimum Gasteiger partial charge on any atom is -0.362 e. The lowest BCUT2D eigenvalue weighted by molar-refractivity contribution is 0.556. The lowest BCUT2D eigenvalue weighted by Gasteiger charge is -2.36. The van der Waals surface area contributed by atoms with Crippen LogP contribution < -0.4 is 16.2 Å². The van der Waals surface area contributed by atoms with Crippen LogP contribution in [0.15, 0.2) is 24.3 Å². The van der Waals surface area contributed by atoms with Gasteiger partial charge in [0.15, 0.2) is 0 Å². The number of hydrogen-bond acceptors (Lipinski definition) is 6. The molecular formula is C13H17N5S. The van der Waals surface area contributed by atoms with Crippen molar-refractivity contribution in [2.24, 2.45) is 5.84 Å². The fourth-order valence-corrected chi connectivity index (χ4v) is 3.07. The van der Waals surface area contributed by atoms with Crippen molar-refractivity contribution in [3.05, 3.63) is 35.5 Å². The van der Waals surface area contributed by atoms with Gasteiger partial charge in [0.1, 0.15) is 10.7 Å². The van der Waals surface area contributed by atoms with Crippen molar-refractivity contribution < 1.29 is 0 Å². The molecule has 1 unspecified atom stereocenters. The zero-order valence-electron chi connectivity index (χ0n) is 10.8. The second-order valence-corrected chi connectivity index (χ2v) is 5.59. The van der Waals surface area contributed by atoms with E-state index in [0.717, 1.165) is 23.7 Å². The molecule has 1 aromatic heterocycles. The average Bonchev–Trinajstić information content (AvgIpc) is 2.89. The Labute approximate surface area is 116 Å². The fraction of sp³-hybridized carbons (Fsp3) is 0.385. The van der Waals surface area contributed by atoms with Crippen molar-refractivity contribution in [3.8, 4) is 0 Å². The lowest BCUT2D eigenvalue weighted by atomic mass is 9.96. The van der Waals surface area contributed by atoms with Crippen LogP contribution in [0.3, 0.4) is 0 Å². The molecule has 2 heterocycles. The van der Waals surface area contributed by atoms with Crippen LogP contribution in [0.5, 0.6) is 0 Å². The van der Waals surface area contributed by atoms with Crippen molar-refractivity contribution in [3.63, 3.8) is 0 Å². The summed E-state index contributed by atoms with van der Waals surface area (Å²) in [6.45, 7) is 3.00. The summed E-state index contributed by atoms with van der Waals surface area (Å²) in [7, 11) is 0. The maximum Gasteiger partial charge on any atom is 0.149 e. The first-order chi connectivity index (χ1) is 9.29. The Balaban J connectivity index is 1.92. The van der Waals surface area contributed by atoms with Gasteiger partial charge < -0.3 is 10.3 Å². The number of nitrogens with two attached hydrogens (primary N) is 1. The van der Waals surface area contributed by atoms with E-state index in [1.807, 2.05) is 0 Å². The van der Waals surface area contributed by atoms with Gasteiger partial charge in [-0.25, -0.2) is 5.84 Å². The van der Waals surface area contributed by atoms with E-state index in [0.29, 0.717) is 6.04 Å². The predicted octanol–water partition coefficient (Wildman–Crippen LogP) is 2.17. The summed E-state index contributed by atoms with van der Waals surface area (Å²) in [5, 5.41) is 5.02. The van der Waals surface area contributed by atoms with Gasteiger partial charge in [0.2, 0.25) is 0 Å². The van der Waals surface area contributed by atoms with E-state index in [1.54, 1.807) is 0 Å². The van der Waals surface area contributed by atoms with Crippen LogP contribution >= 0.6 is 11.5 Å². The number of nitrogens with one attached hydrogen (secondary N) is 1. The molecule has 0 saturated heterocycles. The van der Waals surface area contributed by atoms with E-state index in [-0.39, 0.29) is 0 Å². The second-order valence-electron chi connectivity index (χ2n) is 4.84. The molecule has 3 rings (SSSR count). The van der Waals surface area contributed by atoms with Crippen molar-refractivity contribution in [2.45, 2.75) is 32.4 Å². The van der Waals surface area contributed by atoms with E-state index in [9.17, 15) is 0 Å². The van der Waals surface area contributed by atoms with Gasteiger partial charge >= 0.3 is 0 Å². The van der Waals surface area contributed by atoms with Crippen LogP contribution in [0.2, 0.25) is 0 Å². The van der Waals surface area contributed by atoms with Crippen LogP contribution in [-0.4, -0.2) is 15.6 Å². The highest BCUT2D eigenvalue weighted by atomic mass is 32.1. The smallest absolute Gasteiger partial charge is 0.149 e. The Morgan fingerprint density at radius 1 is 1.47 bits per heavy atom. The summed E-state index contributed by atoms with van der Waals surface area (Å²) in [5.74, 6) is 5.49. The van der Waals surface area contributed by atoms with Crippen LogP contribution in [-0.2, 0) is 13.0 Å². The molecule has 0 fully saturated rings. The highest BCUT2D eigenvalue weighted by molar-refractivity contribution is 7.10. The number of aromatic nitrogens is 2. The van der Waals surface area contributed by atoms with Gasteiger partial charge in [-0.1, -0.05) is 22.7 Å². The topological polar surface area (TPSA) is 67.1 Å². The summed E-state index contributed by atoms with van der Waals surface area (Å²) in [4.78, 5) is 2.39. The highest BCUT2D eigenvalue weighted by Crippen LogP contribution is 2.32. The van der Waals surface area contributed by atoms with Crippen molar-refractivity contribution >= 4 is 22.2 Å². The first-order valence-corrected chi connectivity index (χ1v) is 7.19. The Morgan fingerprint density at radius 3 is 3.16 bits per heavy atom. The summed E-state index contributed by atoms with van der Waals surface area (Å²) >= 11 is 1.30. The molecule has 2 aromatic rings. The molecule has 0 spiro atoms. The molecule has 0 aliphatic carbocycles. The van der Waals surface area contributed by atoms with Gasteiger partial charge in [-0.15, -0.1) is 5.10 Å². The minimum atomic E-state index is 0.502. The summed E-state index contributed by atoms with van der Waals surface area (Å²) in [5.41, 5.74) is 6.30. The fourth-order valence-electron chi connectivity index (χ4n) is 2.58. The zero-order valence-corrected chi connectivity index (χ0v) is 11.7. The number of hydrazine groups is 1. The first kappa shape index (κ1) is 12.4. The molecule has 1 atom stereocenters. The normalized spacial score (nSPS) is 18.2. The monoisotopic (exact) mass is 275 g/mol. The molecule has 1 aliphatic heterocycles. The van der Waals surface area contributed by atoms with Crippen LogP contribution in [0.25, 0.3) is 0 Å². The quantitative estimate of drug-likeness (QED) is 0.664. The summed E-state index contributed by atoms with van der Waals surface area (Å²) in [6, 6.07) is 9.08. The maximum absolute atomic E-state index is 5.49. The van der Waals surface area contributed by atoms with Gasteiger partial charge in [-0.3, -0.25) is 0 Å². The highest BCUT2D eigenvalue weighted by Gasteiger charge is 2.24. The van der Waals surface area contributed by atoms with E-state index in [1.165, 1.54) is 29.2 Å². The zero-order chi connectivity index (χ0) is 13.2. The molecular weight excluding hydrogens is 258 g/mol.